The van der Waals surface area contributed by atoms with Gasteiger partial charge in [-0.05, 0) is 53.1 Å². The van der Waals surface area contributed by atoms with E-state index in [-0.39, 0.29) is 40.5 Å². The molecule has 1 atom stereocenters. The van der Waals surface area contributed by atoms with Crippen LogP contribution in [0.4, 0.5) is 5.69 Å². The van der Waals surface area contributed by atoms with Gasteiger partial charge in [0.25, 0.3) is 5.91 Å². The van der Waals surface area contributed by atoms with Gasteiger partial charge in [-0.25, -0.2) is 4.90 Å². The number of aromatic nitrogens is 1. The van der Waals surface area contributed by atoms with Gasteiger partial charge in [0.15, 0.2) is 0 Å². The highest BCUT2D eigenvalue weighted by Gasteiger charge is 2.69. The lowest BCUT2D eigenvalue weighted by Gasteiger charge is -2.29. The maximum absolute atomic E-state index is 13.9. The summed E-state index contributed by atoms with van der Waals surface area (Å²) in [5, 5.41) is 1.08. The molecule has 1 aliphatic carbocycles. The Labute approximate surface area is 215 Å². The van der Waals surface area contributed by atoms with Crippen LogP contribution in [0.25, 0.3) is 10.9 Å². The van der Waals surface area contributed by atoms with Crippen LogP contribution in [-0.4, -0.2) is 46.1 Å². The first kappa shape index (κ1) is 24.7. The zero-order chi connectivity index (χ0) is 26.7. The van der Waals surface area contributed by atoms with E-state index in [0.29, 0.717) is 18.7 Å². The number of nitrogens with two attached hydrogens (primary N) is 1. The van der Waals surface area contributed by atoms with Crippen molar-refractivity contribution >= 4 is 40.2 Å². The molecule has 37 heavy (non-hydrogen) atoms. The normalized spacial score (nSPS) is 20.4. The molecule has 2 aromatic carbocycles. The van der Waals surface area contributed by atoms with Gasteiger partial charge >= 0.3 is 0 Å². The Bertz CT molecular complexity index is 1410. The largest absolute Gasteiger partial charge is 0.366 e. The van der Waals surface area contributed by atoms with Gasteiger partial charge in [0, 0.05) is 35.1 Å². The number of hydrogen-bond acceptors (Lipinski definition) is 4. The fourth-order valence-corrected chi connectivity index (χ4v) is 5.88. The highest BCUT2D eigenvalue weighted by Crippen LogP contribution is 2.69. The number of rotatable bonds is 7. The first-order chi connectivity index (χ1) is 17.4. The van der Waals surface area contributed by atoms with E-state index >= 15 is 0 Å². The Balaban J connectivity index is 1.44. The lowest BCUT2D eigenvalue weighted by Crippen LogP contribution is -2.47. The van der Waals surface area contributed by atoms with Crippen molar-refractivity contribution in [3.05, 3.63) is 65.9 Å². The molecule has 0 spiro atoms. The summed E-state index contributed by atoms with van der Waals surface area (Å²) in [7, 11) is 0. The third kappa shape index (κ3) is 3.91. The van der Waals surface area contributed by atoms with E-state index in [1.54, 1.807) is 4.90 Å². The highest BCUT2D eigenvalue weighted by molar-refractivity contribution is 6.23. The van der Waals surface area contributed by atoms with Gasteiger partial charge in [-0.1, -0.05) is 45.9 Å². The summed E-state index contributed by atoms with van der Waals surface area (Å²) < 4.78 is 0. The first-order valence-electron chi connectivity index (χ1n) is 12.6. The van der Waals surface area contributed by atoms with E-state index < -0.39 is 17.9 Å². The van der Waals surface area contributed by atoms with Gasteiger partial charge in [0.05, 0.1) is 12.1 Å². The molecule has 0 bridgehead atoms. The Morgan fingerprint density at radius 1 is 1.03 bits per heavy atom. The molecule has 2 fully saturated rings. The van der Waals surface area contributed by atoms with Crippen LogP contribution in [0.1, 0.15) is 50.0 Å². The van der Waals surface area contributed by atoms with E-state index in [0.717, 1.165) is 21.4 Å². The van der Waals surface area contributed by atoms with Gasteiger partial charge in [0.1, 0.15) is 6.04 Å². The molecular weight excluding hydrogens is 468 g/mol. The number of fused-ring (bicyclic) bond motifs is 1. The molecule has 2 heterocycles. The topological polar surface area (TPSA) is 117 Å². The summed E-state index contributed by atoms with van der Waals surface area (Å²) in [4.78, 5) is 58.1. The van der Waals surface area contributed by atoms with Crippen LogP contribution in [0.3, 0.4) is 0 Å². The molecule has 1 unspecified atom stereocenters. The molecule has 1 saturated carbocycles. The Kier molecular flexibility index (Phi) is 5.73. The van der Waals surface area contributed by atoms with Crippen LogP contribution in [0, 0.1) is 16.7 Å². The number of anilines is 1. The Morgan fingerprint density at radius 3 is 2.30 bits per heavy atom. The number of nitrogens with one attached hydrogen (secondary N) is 1. The van der Waals surface area contributed by atoms with Crippen molar-refractivity contribution in [2.24, 2.45) is 22.5 Å². The number of carbonyl (C=O) groups is 4. The molecule has 2 aliphatic rings. The summed E-state index contributed by atoms with van der Waals surface area (Å²) in [5.74, 6) is -1.73. The van der Waals surface area contributed by atoms with Gasteiger partial charge < -0.3 is 15.6 Å². The predicted octanol–water partition coefficient (Wildman–Crippen LogP) is 3.65. The van der Waals surface area contributed by atoms with E-state index in [1.165, 1.54) is 24.3 Å². The van der Waals surface area contributed by atoms with E-state index in [4.69, 9.17) is 5.73 Å². The molecule has 8 heteroatoms. The predicted molar refractivity (Wildman–Crippen MR) is 141 cm³/mol. The van der Waals surface area contributed by atoms with Gasteiger partial charge in [-0.2, -0.15) is 0 Å². The summed E-state index contributed by atoms with van der Waals surface area (Å²) in [5.41, 5.74) is 7.61. The maximum atomic E-state index is 13.9. The van der Waals surface area contributed by atoms with Gasteiger partial charge in [0.2, 0.25) is 17.7 Å². The minimum Gasteiger partial charge on any atom is -0.366 e. The third-order valence-corrected chi connectivity index (χ3v) is 8.76. The van der Waals surface area contributed by atoms with Crippen molar-refractivity contribution in [3.63, 3.8) is 0 Å². The third-order valence-electron chi connectivity index (χ3n) is 8.76. The first-order valence-corrected chi connectivity index (χ1v) is 12.6. The molecular formula is C29H32N4O4. The number of imide groups is 1. The van der Waals surface area contributed by atoms with Crippen molar-refractivity contribution in [2.75, 3.05) is 11.4 Å². The highest BCUT2D eigenvalue weighted by atomic mass is 16.2. The molecule has 3 aromatic rings. The summed E-state index contributed by atoms with van der Waals surface area (Å²) in [6.45, 7) is 8.61. The lowest BCUT2D eigenvalue weighted by atomic mass is 10.0. The van der Waals surface area contributed by atoms with Crippen molar-refractivity contribution in [1.29, 1.82) is 0 Å². The average Bonchev–Trinajstić information content (AvgIpc) is 3.17. The number of para-hydroxylation sites is 1. The molecule has 3 N–H and O–H groups in total. The van der Waals surface area contributed by atoms with Crippen LogP contribution in [0.15, 0.2) is 54.7 Å². The van der Waals surface area contributed by atoms with Crippen LogP contribution in [0.5, 0.6) is 0 Å². The van der Waals surface area contributed by atoms with Crippen LogP contribution < -0.4 is 10.6 Å². The average molecular weight is 501 g/mol. The number of H-pyrrole nitrogens is 1. The van der Waals surface area contributed by atoms with Crippen molar-refractivity contribution < 1.29 is 19.2 Å². The Hall–Kier alpha value is -3.94. The zero-order valence-corrected chi connectivity index (χ0v) is 21.6. The van der Waals surface area contributed by atoms with E-state index in [1.807, 2.05) is 30.5 Å². The van der Waals surface area contributed by atoms with E-state index in [2.05, 4.69) is 32.7 Å². The molecule has 1 aromatic heterocycles. The number of amides is 4. The van der Waals surface area contributed by atoms with Crippen molar-refractivity contribution in [1.82, 2.24) is 9.88 Å². The second-order valence-electron chi connectivity index (χ2n) is 11.2. The standard InChI is InChI=1S/C29H32N4O4/c1-28(2)24(29(28,3)4)27(37)32(14-13-18-16-31-21-8-6-5-7-20(18)21)22-15-23(34)33(26(22)36)19-11-9-17(10-12-19)25(30)35/h5-12,16,22,24,31H,13-15H2,1-4H3,(H2,30,35). The van der Waals surface area contributed by atoms with Crippen molar-refractivity contribution in [3.8, 4) is 0 Å². The van der Waals surface area contributed by atoms with Gasteiger partial charge in [-0.15, -0.1) is 0 Å². The lowest BCUT2D eigenvalue weighted by molar-refractivity contribution is -0.140. The molecule has 1 saturated heterocycles. The molecule has 8 nitrogen and oxygen atoms in total. The number of carbonyl (C=O) groups excluding carboxylic acids is 4. The molecule has 4 amide bonds. The summed E-state index contributed by atoms with van der Waals surface area (Å²) in [6, 6.07) is 13.1. The number of benzene rings is 2. The second kappa shape index (κ2) is 8.57. The molecule has 192 valence electrons. The number of hydrogen-bond donors (Lipinski definition) is 2. The van der Waals surface area contributed by atoms with Crippen molar-refractivity contribution in [2.45, 2.75) is 46.6 Å². The monoisotopic (exact) mass is 500 g/mol. The number of aromatic amines is 1. The number of primary amides is 1. The minimum absolute atomic E-state index is 0.0798. The number of nitrogens with zero attached hydrogens (tertiary/aromatic N) is 2. The van der Waals surface area contributed by atoms with Gasteiger partial charge in [-0.3, -0.25) is 19.2 Å². The van der Waals surface area contributed by atoms with Crippen LogP contribution in [0.2, 0.25) is 0 Å². The summed E-state index contributed by atoms with van der Waals surface area (Å²) in [6.07, 6.45) is 2.41. The molecule has 5 rings (SSSR count). The molecule has 1 aliphatic heterocycles. The fraction of sp³-hybridized carbons (Fsp3) is 0.379. The fourth-order valence-electron chi connectivity index (χ4n) is 5.88. The summed E-state index contributed by atoms with van der Waals surface area (Å²) >= 11 is 0. The Morgan fingerprint density at radius 2 is 1.68 bits per heavy atom. The SMILES string of the molecule is CC1(C)C(C(=O)N(CCc2c[nH]c3ccccc23)C2CC(=O)N(c3ccc(C(N)=O)cc3)C2=O)C1(C)C. The molecule has 0 radical (unpaired) electrons. The van der Waals surface area contributed by atoms with Crippen LogP contribution >= 0.6 is 0 Å². The smallest absolute Gasteiger partial charge is 0.257 e. The van der Waals surface area contributed by atoms with Crippen LogP contribution in [-0.2, 0) is 20.8 Å². The minimum atomic E-state index is -0.881. The second-order valence-corrected chi connectivity index (χ2v) is 11.2. The maximum Gasteiger partial charge on any atom is 0.257 e. The zero-order valence-electron chi connectivity index (χ0n) is 21.6. The quantitative estimate of drug-likeness (QED) is 0.482. The van der Waals surface area contributed by atoms with E-state index in [9.17, 15) is 19.2 Å².